The first kappa shape index (κ1) is 18.5. The highest BCUT2D eigenvalue weighted by Crippen LogP contribution is 2.19. The predicted molar refractivity (Wildman–Crippen MR) is 105 cm³/mol. The van der Waals surface area contributed by atoms with E-state index in [0.717, 1.165) is 5.56 Å². The number of carbonyl (C=O) groups excluding carboxylic acids is 2. The van der Waals surface area contributed by atoms with E-state index in [-0.39, 0.29) is 23.5 Å². The zero-order chi connectivity index (χ0) is 19.2. The topological polar surface area (TPSA) is 71.3 Å². The number of furan rings is 1. The van der Waals surface area contributed by atoms with Crippen molar-refractivity contribution in [2.45, 2.75) is 19.8 Å². The zero-order valence-electron chi connectivity index (χ0n) is 15.4. The smallest absolute Gasteiger partial charge is 0.291 e. The van der Waals surface area contributed by atoms with Gasteiger partial charge in [0.15, 0.2) is 5.76 Å². The first-order valence-corrected chi connectivity index (χ1v) is 8.83. The van der Waals surface area contributed by atoms with Crippen LogP contribution in [0.2, 0.25) is 0 Å². The van der Waals surface area contributed by atoms with Crippen molar-refractivity contribution in [2.75, 3.05) is 11.9 Å². The minimum absolute atomic E-state index is 0.175. The van der Waals surface area contributed by atoms with Crippen molar-refractivity contribution in [3.63, 3.8) is 0 Å². The van der Waals surface area contributed by atoms with Gasteiger partial charge in [0, 0.05) is 17.8 Å². The van der Waals surface area contributed by atoms with E-state index in [1.54, 1.807) is 24.3 Å². The van der Waals surface area contributed by atoms with E-state index in [2.05, 4.69) is 17.6 Å². The lowest BCUT2D eigenvalue weighted by Crippen LogP contribution is -2.27. The fraction of sp³-hybridized carbons (Fsp3) is 0.182. The Morgan fingerprint density at radius 1 is 1.00 bits per heavy atom. The lowest BCUT2D eigenvalue weighted by molar-refractivity contribution is 0.0949. The van der Waals surface area contributed by atoms with E-state index in [1.165, 1.54) is 11.8 Å². The van der Waals surface area contributed by atoms with E-state index in [4.69, 9.17) is 4.42 Å². The minimum atomic E-state index is -0.349. The largest absolute Gasteiger partial charge is 0.459 e. The van der Waals surface area contributed by atoms with Gasteiger partial charge >= 0.3 is 0 Å². The number of rotatable bonds is 6. The van der Waals surface area contributed by atoms with Crippen LogP contribution in [0.3, 0.4) is 0 Å². The van der Waals surface area contributed by atoms with Crippen LogP contribution in [-0.2, 0) is 0 Å². The summed E-state index contributed by atoms with van der Waals surface area (Å²) in [5, 5.41) is 5.74. The number of hydrogen-bond donors (Lipinski definition) is 2. The van der Waals surface area contributed by atoms with E-state index >= 15 is 0 Å². The molecule has 0 aliphatic carbocycles. The van der Waals surface area contributed by atoms with Gasteiger partial charge in [0.05, 0.1) is 6.26 Å². The quantitative estimate of drug-likeness (QED) is 0.684. The molecular weight excluding hydrogens is 340 g/mol. The molecule has 1 heterocycles. The number of nitrogens with one attached hydrogen (secondary N) is 2. The maximum absolute atomic E-state index is 12.5. The van der Waals surface area contributed by atoms with Crippen molar-refractivity contribution < 1.29 is 14.0 Å². The highest BCUT2D eigenvalue weighted by atomic mass is 16.3. The van der Waals surface area contributed by atoms with Gasteiger partial charge in [-0.2, -0.15) is 0 Å². The summed E-state index contributed by atoms with van der Waals surface area (Å²) >= 11 is 0. The molecule has 0 aliphatic rings. The number of hydrogen-bond acceptors (Lipinski definition) is 3. The van der Waals surface area contributed by atoms with Crippen molar-refractivity contribution in [3.05, 3.63) is 89.4 Å². The molecule has 2 aromatic carbocycles. The predicted octanol–water partition coefficient (Wildman–Crippen LogP) is 4.37. The van der Waals surface area contributed by atoms with Gasteiger partial charge in [0.2, 0.25) is 0 Å². The Balaban J connectivity index is 1.66. The SMILES string of the molecule is Cc1ccc(C(=O)NC[C@H](C)c2ccccc2)cc1NC(=O)c1ccco1. The molecule has 0 spiro atoms. The molecular formula is C22H22N2O3. The van der Waals surface area contributed by atoms with Crippen LogP contribution >= 0.6 is 0 Å². The van der Waals surface area contributed by atoms with E-state index in [9.17, 15) is 9.59 Å². The first-order valence-electron chi connectivity index (χ1n) is 8.83. The first-order chi connectivity index (χ1) is 13.0. The van der Waals surface area contributed by atoms with Gasteiger partial charge in [-0.25, -0.2) is 0 Å². The fourth-order valence-corrected chi connectivity index (χ4v) is 2.74. The Morgan fingerprint density at radius 3 is 2.48 bits per heavy atom. The lowest BCUT2D eigenvalue weighted by atomic mass is 10.0. The number of carbonyl (C=O) groups is 2. The molecule has 2 N–H and O–H groups in total. The van der Waals surface area contributed by atoms with Gasteiger partial charge in [-0.1, -0.05) is 43.3 Å². The van der Waals surface area contributed by atoms with Crippen molar-refractivity contribution >= 4 is 17.5 Å². The molecule has 3 aromatic rings. The monoisotopic (exact) mass is 362 g/mol. The van der Waals surface area contributed by atoms with Gasteiger partial charge in [-0.3, -0.25) is 9.59 Å². The number of amides is 2. The molecule has 0 radical (unpaired) electrons. The second-order valence-corrected chi connectivity index (χ2v) is 6.48. The molecule has 1 aromatic heterocycles. The summed E-state index contributed by atoms with van der Waals surface area (Å²) in [7, 11) is 0. The molecule has 3 rings (SSSR count). The third-order valence-electron chi connectivity index (χ3n) is 4.43. The van der Waals surface area contributed by atoms with Crippen LogP contribution in [0.5, 0.6) is 0 Å². The molecule has 0 fully saturated rings. The Bertz CT molecular complexity index is 918. The van der Waals surface area contributed by atoms with Crippen LogP contribution in [-0.4, -0.2) is 18.4 Å². The molecule has 5 heteroatoms. The van der Waals surface area contributed by atoms with E-state index < -0.39 is 0 Å². The summed E-state index contributed by atoms with van der Waals surface area (Å²) in [4.78, 5) is 24.7. The Labute approximate surface area is 158 Å². The Kier molecular flexibility index (Phi) is 5.71. The maximum atomic E-state index is 12.5. The maximum Gasteiger partial charge on any atom is 0.291 e. The van der Waals surface area contributed by atoms with Gasteiger partial charge in [-0.05, 0) is 48.2 Å². The second kappa shape index (κ2) is 8.36. The average Bonchev–Trinajstić information content (AvgIpc) is 3.23. The summed E-state index contributed by atoms with van der Waals surface area (Å²) in [6.45, 7) is 4.47. The molecule has 1 atom stereocenters. The summed E-state index contributed by atoms with van der Waals surface area (Å²) in [6.07, 6.45) is 1.44. The van der Waals surface area contributed by atoms with Gasteiger partial charge < -0.3 is 15.1 Å². The standard InChI is InChI=1S/C22H22N2O3/c1-15-10-11-18(13-19(15)24-22(26)20-9-6-12-27-20)21(25)23-14-16(2)17-7-4-3-5-8-17/h3-13,16H,14H2,1-2H3,(H,23,25)(H,24,26)/t16-/m0/s1. The van der Waals surface area contributed by atoms with Crippen LogP contribution in [0.15, 0.2) is 71.3 Å². The molecule has 0 bridgehead atoms. The molecule has 2 amide bonds. The average molecular weight is 362 g/mol. The van der Waals surface area contributed by atoms with Crippen molar-refractivity contribution in [1.29, 1.82) is 0 Å². The Morgan fingerprint density at radius 2 is 1.78 bits per heavy atom. The van der Waals surface area contributed by atoms with Gasteiger partial charge in [0.25, 0.3) is 11.8 Å². The second-order valence-electron chi connectivity index (χ2n) is 6.48. The highest BCUT2D eigenvalue weighted by molar-refractivity contribution is 6.03. The van der Waals surface area contributed by atoms with Crippen LogP contribution in [0.25, 0.3) is 0 Å². The molecule has 5 nitrogen and oxygen atoms in total. The molecule has 0 saturated heterocycles. The van der Waals surface area contributed by atoms with Crippen molar-refractivity contribution in [1.82, 2.24) is 5.32 Å². The van der Waals surface area contributed by atoms with E-state index in [1.807, 2.05) is 43.3 Å². The number of benzene rings is 2. The number of aryl methyl sites for hydroxylation is 1. The Hall–Kier alpha value is -3.34. The summed E-state index contributed by atoms with van der Waals surface area (Å²) < 4.78 is 5.10. The van der Waals surface area contributed by atoms with E-state index in [0.29, 0.717) is 17.8 Å². The molecule has 138 valence electrons. The van der Waals surface area contributed by atoms with Crippen molar-refractivity contribution in [3.8, 4) is 0 Å². The number of anilines is 1. The molecule has 0 saturated carbocycles. The van der Waals surface area contributed by atoms with Gasteiger partial charge in [-0.15, -0.1) is 0 Å². The third-order valence-corrected chi connectivity index (χ3v) is 4.43. The summed E-state index contributed by atoms with van der Waals surface area (Å²) in [5.41, 5.74) is 3.12. The van der Waals surface area contributed by atoms with Crippen LogP contribution in [0.1, 0.15) is 44.9 Å². The van der Waals surface area contributed by atoms with Crippen molar-refractivity contribution in [2.24, 2.45) is 0 Å². The van der Waals surface area contributed by atoms with Crippen LogP contribution in [0.4, 0.5) is 5.69 Å². The third kappa shape index (κ3) is 4.64. The lowest BCUT2D eigenvalue weighted by Gasteiger charge is -2.14. The van der Waals surface area contributed by atoms with Crippen LogP contribution < -0.4 is 10.6 Å². The summed E-state index contributed by atoms with van der Waals surface area (Å²) in [6, 6.07) is 18.5. The van der Waals surface area contributed by atoms with Gasteiger partial charge in [0.1, 0.15) is 0 Å². The fourth-order valence-electron chi connectivity index (χ4n) is 2.74. The minimum Gasteiger partial charge on any atom is -0.459 e. The molecule has 0 unspecified atom stereocenters. The molecule has 27 heavy (non-hydrogen) atoms. The summed E-state index contributed by atoms with van der Waals surface area (Å²) in [5.74, 6) is -0.0932. The van der Waals surface area contributed by atoms with Crippen LogP contribution in [0, 0.1) is 6.92 Å². The highest BCUT2D eigenvalue weighted by Gasteiger charge is 2.14. The zero-order valence-corrected chi connectivity index (χ0v) is 15.4. The normalized spacial score (nSPS) is 11.6. The molecule has 0 aliphatic heterocycles.